The number of hydrogen-bond acceptors (Lipinski definition) is 3. The SMILES string of the molecule is CC(=O)NC(=S)Nc1ccc(NC(=O)/C=C/c2ccc(Cl)cc2Cl)cc1. The first kappa shape index (κ1) is 19.9. The van der Waals surface area contributed by atoms with Crippen LogP contribution < -0.4 is 16.0 Å². The van der Waals surface area contributed by atoms with Crippen molar-refractivity contribution in [3.05, 3.63) is 64.1 Å². The average molecular weight is 408 g/mol. The number of hydrogen-bond donors (Lipinski definition) is 3. The van der Waals surface area contributed by atoms with Crippen LogP contribution in [0.1, 0.15) is 12.5 Å². The third kappa shape index (κ3) is 6.48. The summed E-state index contributed by atoms with van der Waals surface area (Å²) in [6.07, 6.45) is 2.99. The van der Waals surface area contributed by atoms with Gasteiger partial charge in [-0.1, -0.05) is 29.3 Å². The van der Waals surface area contributed by atoms with E-state index in [0.717, 1.165) is 0 Å². The Hall–Kier alpha value is -2.41. The molecule has 0 saturated heterocycles. The molecule has 5 nitrogen and oxygen atoms in total. The van der Waals surface area contributed by atoms with Gasteiger partial charge in [-0.2, -0.15) is 0 Å². The van der Waals surface area contributed by atoms with Crippen LogP contribution in [0.4, 0.5) is 11.4 Å². The fourth-order valence-corrected chi connectivity index (χ4v) is 2.68. The maximum Gasteiger partial charge on any atom is 0.248 e. The lowest BCUT2D eigenvalue weighted by Crippen LogP contribution is -2.32. The van der Waals surface area contributed by atoms with Crippen molar-refractivity contribution in [1.82, 2.24) is 5.32 Å². The number of amides is 2. The highest BCUT2D eigenvalue weighted by Gasteiger charge is 2.02. The van der Waals surface area contributed by atoms with Gasteiger partial charge in [0.1, 0.15) is 0 Å². The Balaban J connectivity index is 1.93. The number of nitrogens with one attached hydrogen (secondary N) is 3. The Kier molecular flexibility index (Phi) is 7.15. The lowest BCUT2D eigenvalue weighted by atomic mass is 10.2. The molecule has 8 heteroatoms. The van der Waals surface area contributed by atoms with Crippen LogP contribution in [0, 0.1) is 0 Å². The minimum absolute atomic E-state index is 0.206. The highest BCUT2D eigenvalue weighted by Crippen LogP contribution is 2.22. The minimum atomic E-state index is -0.300. The monoisotopic (exact) mass is 407 g/mol. The van der Waals surface area contributed by atoms with Crippen molar-refractivity contribution >= 4 is 69.8 Å². The molecule has 2 amide bonds. The zero-order valence-electron chi connectivity index (χ0n) is 13.7. The Morgan fingerprint density at radius 1 is 1.00 bits per heavy atom. The van der Waals surface area contributed by atoms with Crippen molar-refractivity contribution in [1.29, 1.82) is 0 Å². The van der Waals surface area contributed by atoms with Crippen molar-refractivity contribution in [3.8, 4) is 0 Å². The van der Waals surface area contributed by atoms with Gasteiger partial charge in [-0.05, 0) is 60.3 Å². The number of halogens is 2. The quantitative estimate of drug-likeness (QED) is 0.516. The Labute approximate surface area is 166 Å². The molecule has 0 radical (unpaired) electrons. The number of carbonyl (C=O) groups is 2. The third-order valence-electron chi connectivity index (χ3n) is 3.08. The third-order valence-corrected chi connectivity index (χ3v) is 3.84. The molecule has 0 aliphatic heterocycles. The highest BCUT2D eigenvalue weighted by atomic mass is 35.5. The van der Waals surface area contributed by atoms with Gasteiger partial charge in [0.25, 0.3) is 0 Å². The summed E-state index contributed by atoms with van der Waals surface area (Å²) in [5, 5.41) is 9.25. The largest absolute Gasteiger partial charge is 0.332 e. The van der Waals surface area contributed by atoms with E-state index < -0.39 is 0 Å². The molecule has 0 aliphatic rings. The van der Waals surface area contributed by atoms with E-state index >= 15 is 0 Å². The van der Waals surface area contributed by atoms with Crippen molar-refractivity contribution in [2.24, 2.45) is 0 Å². The first-order valence-corrected chi connectivity index (χ1v) is 8.62. The van der Waals surface area contributed by atoms with Gasteiger partial charge in [-0.15, -0.1) is 0 Å². The Morgan fingerprint density at radius 3 is 2.19 bits per heavy atom. The lowest BCUT2D eigenvalue weighted by Gasteiger charge is -2.09. The Bertz CT molecular complexity index is 867. The second kappa shape index (κ2) is 9.33. The summed E-state index contributed by atoms with van der Waals surface area (Å²) in [7, 11) is 0. The van der Waals surface area contributed by atoms with E-state index in [-0.39, 0.29) is 16.9 Å². The topological polar surface area (TPSA) is 70.2 Å². The van der Waals surface area contributed by atoms with Crippen LogP contribution in [0.3, 0.4) is 0 Å². The van der Waals surface area contributed by atoms with Crippen LogP contribution in [0.5, 0.6) is 0 Å². The standard InChI is InChI=1S/C18H15Cl2N3O2S/c1-11(24)21-18(26)23-15-7-5-14(6-8-15)22-17(25)9-3-12-2-4-13(19)10-16(12)20/h2-10H,1H3,(H,22,25)(H2,21,23,24,26)/b9-3+. The molecule has 0 heterocycles. The van der Waals surface area contributed by atoms with E-state index in [2.05, 4.69) is 16.0 Å². The predicted molar refractivity (Wildman–Crippen MR) is 111 cm³/mol. The van der Waals surface area contributed by atoms with Gasteiger partial charge >= 0.3 is 0 Å². The number of thiocarbonyl (C=S) groups is 1. The normalized spacial score (nSPS) is 10.4. The molecule has 2 aromatic rings. The molecule has 26 heavy (non-hydrogen) atoms. The molecule has 3 N–H and O–H groups in total. The number of benzene rings is 2. The molecule has 0 bridgehead atoms. The fraction of sp³-hybridized carbons (Fsp3) is 0.0556. The van der Waals surface area contributed by atoms with Gasteiger partial charge in [-0.3, -0.25) is 9.59 Å². The molecule has 0 unspecified atom stereocenters. The van der Waals surface area contributed by atoms with Crippen LogP contribution in [-0.4, -0.2) is 16.9 Å². The van der Waals surface area contributed by atoms with E-state index in [4.69, 9.17) is 35.4 Å². The summed E-state index contributed by atoms with van der Waals surface area (Å²) in [6.45, 7) is 1.37. The highest BCUT2D eigenvalue weighted by molar-refractivity contribution is 7.80. The summed E-state index contributed by atoms with van der Waals surface area (Å²) in [4.78, 5) is 22.9. The maximum atomic E-state index is 12.0. The molecule has 2 rings (SSSR count). The molecular weight excluding hydrogens is 393 g/mol. The zero-order chi connectivity index (χ0) is 19.1. The summed E-state index contributed by atoms with van der Waals surface area (Å²) >= 11 is 16.9. The first-order valence-electron chi connectivity index (χ1n) is 7.46. The molecule has 0 saturated carbocycles. The Morgan fingerprint density at radius 2 is 1.62 bits per heavy atom. The van der Waals surface area contributed by atoms with Crippen molar-refractivity contribution < 1.29 is 9.59 Å². The smallest absolute Gasteiger partial charge is 0.248 e. The molecule has 0 aromatic heterocycles. The van der Waals surface area contributed by atoms with Crippen molar-refractivity contribution in [2.45, 2.75) is 6.92 Å². The van der Waals surface area contributed by atoms with E-state index in [9.17, 15) is 9.59 Å². The van der Waals surface area contributed by atoms with Gasteiger partial charge in [0.05, 0.1) is 0 Å². The van der Waals surface area contributed by atoms with E-state index in [1.54, 1.807) is 48.5 Å². The van der Waals surface area contributed by atoms with Crippen LogP contribution in [-0.2, 0) is 9.59 Å². The van der Waals surface area contributed by atoms with E-state index in [1.165, 1.54) is 13.0 Å². The van der Waals surface area contributed by atoms with Crippen LogP contribution in [0.2, 0.25) is 10.0 Å². The molecular formula is C18H15Cl2N3O2S. The lowest BCUT2D eigenvalue weighted by molar-refractivity contribution is -0.117. The zero-order valence-corrected chi connectivity index (χ0v) is 16.0. The van der Waals surface area contributed by atoms with Crippen molar-refractivity contribution in [3.63, 3.8) is 0 Å². The van der Waals surface area contributed by atoms with Gasteiger partial charge in [0.2, 0.25) is 11.8 Å². The molecule has 0 aliphatic carbocycles. The van der Waals surface area contributed by atoms with Gasteiger partial charge in [0, 0.05) is 34.4 Å². The predicted octanol–water partition coefficient (Wildman–Crippen LogP) is 4.48. The second-order valence-electron chi connectivity index (χ2n) is 5.20. The molecule has 2 aromatic carbocycles. The van der Waals surface area contributed by atoms with Gasteiger partial charge in [0.15, 0.2) is 5.11 Å². The molecule has 0 atom stereocenters. The average Bonchev–Trinajstić information content (AvgIpc) is 2.55. The van der Waals surface area contributed by atoms with Gasteiger partial charge in [-0.25, -0.2) is 0 Å². The first-order chi connectivity index (χ1) is 12.3. The molecule has 134 valence electrons. The summed E-state index contributed by atoms with van der Waals surface area (Å²) in [6, 6.07) is 11.9. The molecule has 0 fully saturated rings. The number of rotatable bonds is 4. The van der Waals surface area contributed by atoms with Crippen molar-refractivity contribution in [2.75, 3.05) is 10.6 Å². The number of anilines is 2. The summed E-state index contributed by atoms with van der Waals surface area (Å²) in [5.74, 6) is -0.551. The van der Waals surface area contributed by atoms with E-state index in [0.29, 0.717) is 27.0 Å². The second-order valence-corrected chi connectivity index (χ2v) is 6.45. The summed E-state index contributed by atoms with van der Waals surface area (Å²) in [5.41, 5.74) is 1.99. The van der Waals surface area contributed by atoms with Crippen LogP contribution in [0.15, 0.2) is 48.5 Å². The van der Waals surface area contributed by atoms with Crippen LogP contribution >= 0.6 is 35.4 Å². The van der Waals surface area contributed by atoms with E-state index in [1.807, 2.05) is 0 Å². The summed E-state index contributed by atoms with van der Waals surface area (Å²) < 4.78 is 0. The molecule has 0 spiro atoms. The van der Waals surface area contributed by atoms with Gasteiger partial charge < -0.3 is 16.0 Å². The number of carbonyl (C=O) groups excluding carboxylic acids is 2. The minimum Gasteiger partial charge on any atom is -0.332 e. The van der Waals surface area contributed by atoms with Crippen LogP contribution in [0.25, 0.3) is 6.08 Å². The maximum absolute atomic E-state index is 12.0. The fourth-order valence-electron chi connectivity index (χ4n) is 1.95.